The lowest BCUT2D eigenvalue weighted by Crippen LogP contribution is -1.93. The van der Waals surface area contributed by atoms with Gasteiger partial charge in [-0.1, -0.05) is 18.5 Å². The molecule has 15 heavy (non-hydrogen) atoms. The molecule has 1 aromatic carbocycles. The Labute approximate surface area is 88.1 Å². The van der Waals surface area contributed by atoms with Crippen LogP contribution in [0.3, 0.4) is 0 Å². The van der Waals surface area contributed by atoms with Crippen molar-refractivity contribution in [2.45, 2.75) is 19.8 Å². The van der Waals surface area contributed by atoms with Gasteiger partial charge in [0.2, 0.25) is 6.79 Å². The van der Waals surface area contributed by atoms with Gasteiger partial charge >= 0.3 is 0 Å². The van der Waals surface area contributed by atoms with Gasteiger partial charge in [0.05, 0.1) is 6.21 Å². The highest BCUT2D eigenvalue weighted by molar-refractivity contribution is 5.83. The fraction of sp³-hybridized carbons (Fsp3) is 0.364. The molecule has 0 amide bonds. The van der Waals surface area contributed by atoms with Crippen molar-refractivity contribution in [2.75, 3.05) is 6.79 Å². The first-order valence-corrected chi connectivity index (χ1v) is 4.95. The molecule has 1 aliphatic rings. The molecule has 0 saturated heterocycles. The third-order valence-corrected chi connectivity index (χ3v) is 2.35. The van der Waals surface area contributed by atoms with E-state index in [1.54, 1.807) is 0 Å². The molecule has 0 saturated carbocycles. The van der Waals surface area contributed by atoms with Gasteiger partial charge < -0.3 is 14.7 Å². The summed E-state index contributed by atoms with van der Waals surface area (Å²) in [6, 6.07) is 3.79. The quantitative estimate of drug-likeness (QED) is 0.469. The first-order chi connectivity index (χ1) is 7.35. The number of fused-ring (bicyclic) bond motifs is 1. The van der Waals surface area contributed by atoms with E-state index in [4.69, 9.17) is 14.7 Å². The molecule has 1 N–H and O–H groups in total. The SMILES string of the molecule is CCCc1cc2c(cc1/C=N/O)OCO2. The Bertz CT molecular complexity index is 388. The van der Waals surface area contributed by atoms with E-state index in [9.17, 15) is 0 Å². The van der Waals surface area contributed by atoms with Gasteiger partial charge in [-0.15, -0.1) is 0 Å². The molecule has 1 aromatic rings. The number of hydrogen-bond donors (Lipinski definition) is 1. The third-order valence-electron chi connectivity index (χ3n) is 2.35. The molecule has 0 unspecified atom stereocenters. The second kappa shape index (κ2) is 4.21. The molecule has 0 spiro atoms. The summed E-state index contributed by atoms with van der Waals surface area (Å²) in [4.78, 5) is 0. The Morgan fingerprint density at radius 3 is 2.80 bits per heavy atom. The van der Waals surface area contributed by atoms with Crippen LogP contribution < -0.4 is 9.47 Å². The Kier molecular flexibility index (Phi) is 2.76. The third kappa shape index (κ3) is 1.88. The largest absolute Gasteiger partial charge is 0.454 e. The number of rotatable bonds is 3. The maximum atomic E-state index is 8.56. The number of nitrogens with zero attached hydrogens (tertiary/aromatic N) is 1. The average molecular weight is 207 g/mol. The molecule has 2 rings (SSSR count). The van der Waals surface area contributed by atoms with Crippen LogP contribution in [-0.4, -0.2) is 18.2 Å². The zero-order valence-electron chi connectivity index (χ0n) is 8.56. The van der Waals surface area contributed by atoms with Crippen LogP contribution in [0.4, 0.5) is 0 Å². The maximum Gasteiger partial charge on any atom is 0.231 e. The standard InChI is InChI=1S/C11H13NO3/c1-2-3-8-4-10-11(15-7-14-10)5-9(8)6-12-13/h4-6,13H,2-3,7H2,1H3/b12-6+. The first-order valence-electron chi connectivity index (χ1n) is 4.95. The summed E-state index contributed by atoms with van der Waals surface area (Å²) >= 11 is 0. The molecule has 4 heteroatoms. The van der Waals surface area contributed by atoms with Crippen molar-refractivity contribution in [3.63, 3.8) is 0 Å². The van der Waals surface area contributed by atoms with Gasteiger partial charge in [0, 0.05) is 5.56 Å². The molecule has 0 radical (unpaired) electrons. The van der Waals surface area contributed by atoms with Crippen molar-refractivity contribution in [2.24, 2.45) is 5.16 Å². The van der Waals surface area contributed by atoms with Gasteiger partial charge in [0.15, 0.2) is 11.5 Å². The summed E-state index contributed by atoms with van der Waals surface area (Å²) < 4.78 is 10.5. The van der Waals surface area contributed by atoms with Crippen molar-refractivity contribution in [1.29, 1.82) is 0 Å². The normalized spacial score (nSPS) is 13.7. The van der Waals surface area contributed by atoms with Crippen molar-refractivity contribution in [3.05, 3.63) is 23.3 Å². The maximum absolute atomic E-state index is 8.56. The van der Waals surface area contributed by atoms with Crippen molar-refractivity contribution in [3.8, 4) is 11.5 Å². The average Bonchev–Trinajstić information content (AvgIpc) is 2.66. The van der Waals surface area contributed by atoms with Crippen LogP contribution >= 0.6 is 0 Å². The number of oxime groups is 1. The molecule has 0 aliphatic carbocycles. The minimum absolute atomic E-state index is 0.265. The topological polar surface area (TPSA) is 51.1 Å². The van der Waals surface area contributed by atoms with E-state index in [1.165, 1.54) is 6.21 Å². The summed E-state index contributed by atoms with van der Waals surface area (Å²) in [5.74, 6) is 1.48. The summed E-state index contributed by atoms with van der Waals surface area (Å²) in [5, 5.41) is 11.6. The number of hydrogen-bond acceptors (Lipinski definition) is 4. The van der Waals surface area contributed by atoms with Crippen molar-refractivity contribution < 1.29 is 14.7 Å². The highest BCUT2D eigenvalue weighted by atomic mass is 16.7. The van der Waals surface area contributed by atoms with Crippen LogP contribution in [0.5, 0.6) is 11.5 Å². The van der Waals surface area contributed by atoms with Crippen LogP contribution in [-0.2, 0) is 6.42 Å². The lowest BCUT2D eigenvalue weighted by atomic mass is 10.0. The van der Waals surface area contributed by atoms with Gasteiger partial charge in [-0.05, 0) is 24.1 Å². The summed E-state index contributed by atoms with van der Waals surface area (Å²) in [6.07, 6.45) is 3.39. The molecule has 4 nitrogen and oxygen atoms in total. The molecular weight excluding hydrogens is 194 g/mol. The molecule has 1 heterocycles. The van der Waals surface area contributed by atoms with Crippen LogP contribution in [0.1, 0.15) is 24.5 Å². The zero-order valence-corrected chi connectivity index (χ0v) is 8.56. The Morgan fingerprint density at radius 2 is 2.13 bits per heavy atom. The van der Waals surface area contributed by atoms with Crippen LogP contribution in [0.2, 0.25) is 0 Å². The van der Waals surface area contributed by atoms with Crippen molar-refractivity contribution >= 4 is 6.21 Å². The number of benzene rings is 1. The van der Waals surface area contributed by atoms with Gasteiger partial charge in [-0.2, -0.15) is 0 Å². The molecule has 0 fully saturated rings. The molecule has 0 atom stereocenters. The van der Waals surface area contributed by atoms with Crippen LogP contribution in [0.15, 0.2) is 17.3 Å². The molecule has 1 aliphatic heterocycles. The monoisotopic (exact) mass is 207 g/mol. The molecular formula is C11H13NO3. The molecule has 0 aromatic heterocycles. The predicted molar refractivity (Wildman–Crippen MR) is 55.9 cm³/mol. The van der Waals surface area contributed by atoms with Crippen LogP contribution in [0.25, 0.3) is 0 Å². The molecule has 0 bridgehead atoms. The molecule has 80 valence electrons. The minimum Gasteiger partial charge on any atom is -0.454 e. The summed E-state index contributed by atoms with van der Waals surface area (Å²) in [7, 11) is 0. The smallest absolute Gasteiger partial charge is 0.231 e. The fourth-order valence-electron chi connectivity index (χ4n) is 1.67. The van der Waals surface area contributed by atoms with E-state index in [2.05, 4.69) is 12.1 Å². The van der Waals surface area contributed by atoms with Gasteiger partial charge in [-0.3, -0.25) is 0 Å². The Hall–Kier alpha value is -1.71. The number of aryl methyl sites for hydroxylation is 1. The van der Waals surface area contributed by atoms with E-state index >= 15 is 0 Å². The van der Waals surface area contributed by atoms with E-state index in [0.29, 0.717) is 5.75 Å². The van der Waals surface area contributed by atoms with Gasteiger partial charge in [0.1, 0.15) is 0 Å². The van der Waals surface area contributed by atoms with E-state index in [1.807, 2.05) is 12.1 Å². The Balaban J connectivity index is 2.42. The highest BCUT2D eigenvalue weighted by Crippen LogP contribution is 2.34. The number of ether oxygens (including phenoxy) is 2. The second-order valence-electron chi connectivity index (χ2n) is 3.40. The zero-order chi connectivity index (χ0) is 10.7. The minimum atomic E-state index is 0.265. The van der Waals surface area contributed by atoms with Gasteiger partial charge in [0.25, 0.3) is 0 Å². The van der Waals surface area contributed by atoms with E-state index in [0.717, 1.165) is 29.7 Å². The summed E-state index contributed by atoms with van der Waals surface area (Å²) in [6.45, 7) is 2.37. The van der Waals surface area contributed by atoms with Gasteiger partial charge in [-0.25, -0.2) is 0 Å². The predicted octanol–water partition coefficient (Wildman–Crippen LogP) is 2.18. The highest BCUT2D eigenvalue weighted by Gasteiger charge is 2.16. The second-order valence-corrected chi connectivity index (χ2v) is 3.40. The Morgan fingerprint density at radius 1 is 1.40 bits per heavy atom. The first kappa shape index (κ1) is 9.83. The summed E-state index contributed by atoms with van der Waals surface area (Å²) in [5.41, 5.74) is 1.99. The van der Waals surface area contributed by atoms with Crippen molar-refractivity contribution in [1.82, 2.24) is 0 Å². The fourth-order valence-corrected chi connectivity index (χ4v) is 1.67. The van der Waals surface area contributed by atoms with E-state index in [-0.39, 0.29) is 6.79 Å². The van der Waals surface area contributed by atoms with Crippen LogP contribution in [0, 0.1) is 0 Å². The lowest BCUT2D eigenvalue weighted by Gasteiger charge is -2.05. The lowest BCUT2D eigenvalue weighted by molar-refractivity contribution is 0.174. The van der Waals surface area contributed by atoms with E-state index < -0.39 is 0 Å².